The number of ether oxygens (including phenoxy) is 1. The predicted molar refractivity (Wildman–Crippen MR) is 102 cm³/mol. The van der Waals surface area contributed by atoms with Gasteiger partial charge in [0.05, 0.1) is 18.4 Å². The summed E-state index contributed by atoms with van der Waals surface area (Å²) in [6, 6.07) is 9.54. The maximum Gasteiger partial charge on any atom is 0.337 e. The van der Waals surface area contributed by atoms with Gasteiger partial charge in [-0.25, -0.2) is 4.79 Å². The molecule has 0 unspecified atom stereocenters. The van der Waals surface area contributed by atoms with E-state index in [0.717, 1.165) is 47.1 Å². The van der Waals surface area contributed by atoms with E-state index < -0.39 is 0 Å². The Morgan fingerprint density at radius 2 is 2.23 bits per heavy atom. The van der Waals surface area contributed by atoms with Gasteiger partial charge in [-0.2, -0.15) is 0 Å². The monoisotopic (exact) mass is 345 g/mol. The normalized spacial score (nSPS) is 15.9. The zero-order valence-corrected chi connectivity index (χ0v) is 14.5. The topological polar surface area (TPSA) is 67.3 Å². The second-order valence-electron chi connectivity index (χ2n) is 6.24. The third kappa shape index (κ3) is 3.04. The van der Waals surface area contributed by atoms with Crippen molar-refractivity contribution in [3.63, 3.8) is 0 Å². The molecule has 0 aliphatic carbocycles. The molecule has 5 heteroatoms. The number of aromatic amines is 1. The van der Waals surface area contributed by atoms with Crippen LogP contribution >= 0.6 is 0 Å². The van der Waals surface area contributed by atoms with Gasteiger partial charge in [-0.1, -0.05) is 6.07 Å². The number of hydrogen-bond acceptors (Lipinski definition) is 4. The number of carbonyl (C=O) groups is 1. The Bertz CT molecular complexity index is 1020. The summed E-state index contributed by atoms with van der Waals surface area (Å²) in [6.45, 7) is 0.845. The summed E-state index contributed by atoms with van der Waals surface area (Å²) in [6.07, 6.45) is 9.81. The summed E-state index contributed by atoms with van der Waals surface area (Å²) < 4.78 is 4.79. The molecule has 0 fully saturated rings. The van der Waals surface area contributed by atoms with E-state index in [-0.39, 0.29) is 5.97 Å². The molecule has 0 spiro atoms. The first-order chi connectivity index (χ1) is 12.8. The molecule has 1 N–H and O–H groups in total. The summed E-state index contributed by atoms with van der Waals surface area (Å²) in [7, 11) is 1.39. The lowest BCUT2D eigenvalue weighted by molar-refractivity contribution is 0.0601. The van der Waals surface area contributed by atoms with E-state index in [9.17, 15) is 4.79 Å². The van der Waals surface area contributed by atoms with Gasteiger partial charge in [-0.05, 0) is 48.8 Å². The number of pyridine rings is 1. The van der Waals surface area contributed by atoms with Crippen LogP contribution in [0.1, 0.15) is 34.3 Å². The minimum Gasteiger partial charge on any atom is -0.465 e. The number of nitrogens with one attached hydrogen (secondary N) is 1. The van der Waals surface area contributed by atoms with Crippen LogP contribution in [0.2, 0.25) is 0 Å². The molecule has 0 amide bonds. The number of carbonyl (C=O) groups excluding carboxylic acids is 1. The molecule has 0 bridgehead atoms. The van der Waals surface area contributed by atoms with E-state index in [1.807, 2.05) is 36.7 Å². The predicted octanol–water partition coefficient (Wildman–Crippen LogP) is 4.02. The number of allylic oxidation sites excluding steroid dienone is 1. The summed E-state index contributed by atoms with van der Waals surface area (Å²) in [5.74, 6) is -0.334. The number of fused-ring (bicyclic) bond motifs is 1. The maximum atomic E-state index is 11.7. The highest BCUT2D eigenvalue weighted by molar-refractivity contribution is 6.15. The van der Waals surface area contributed by atoms with Crippen LogP contribution in [0.4, 0.5) is 0 Å². The Labute approximate surface area is 151 Å². The van der Waals surface area contributed by atoms with Crippen molar-refractivity contribution in [2.24, 2.45) is 4.99 Å². The van der Waals surface area contributed by atoms with Gasteiger partial charge >= 0.3 is 5.97 Å². The van der Waals surface area contributed by atoms with E-state index in [0.29, 0.717) is 5.56 Å². The van der Waals surface area contributed by atoms with Crippen LogP contribution in [0, 0.1) is 0 Å². The van der Waals surface area contributed by atoms with Crippen molar-refractivity contribution in [3.05, 3.63) is 71.2 Å². The van der Waals surface area contributed by atoms with Crippen LogP contribution < -0.4 is 0 Å². The van der Waals surface area contributed by atoms with Crippen molar-refractivity contribution in [2.75, 3.05) is 13.7 Å². The third-order valence-corrected chi connectivity index (χ3v) is 4.58. The summed E-state index contributed by atoms with van der Waals surface area (Å²) in [5.41, 5.74) is 5.81. The van der Waals surface area contributed by atoms with Gasteiger partial charge in [-0.15, -0.1) is 0 Å². The minimum absolute atomic E-state index is 0.334. The Morgan fingerprint density at radius 3 is 3.04 bits per heavy atom. The molecule has 0 radical (unpaired) electrons. The number of nitrogens with zero attached hydrogens (tertiary/aromatic N) is 2. The number of esters is 1. The summed E-state index contributed by atoms with van der Waals surface area (Å²) >= 11 is 0. The van der Waals surface area contributed by atoms with Gasteiger partial charge < -0.3 is 9.72 Å². The maximum absolute atomic E-state index is 11.7. The first-order valence-electron chi connectivity index (χ1n) is 8.61. The van der Waals surface area contributed by atoms with Gasteiger partial charge in [0.25, 0.3) is 0 Å². The number of methoxy groups -OCH3 is 1. The van der Waals surface area contributed by atoms with Gasteiger partial charge in [0.2, 0.25) is 0 Å². The molecule has 3 heterocycles. The van der Waals surface area contributed by atoms with E-state index in [1.54, 1.807) is 12.3 Å². The number of aromatic nitrogens is 2. The molecule has 1 aliphatic rings. The zero-order valence-electron chi connectivity index (χ0n) is 14.5. The highest BCUT2D eigenvalue weighted by Gasteiger charge is 2.15. The second kappa shape index (κ2) is 6.96. The fraction of sp³-hybridized carbons (Fsp3) is 0.190. The molecule has 2 aromatic heterocycles. The van der Waals surface area contributed by atoms with Gasteiger partial charge in [0.1, 0.15) is 0 Å². The molecule has 0 saturated carbocycles. The molecule has 0 saturated heterocycles. The van der Waals surface area contributed by atoms with Crippen LogP contribution in [0.5, 0.6) is 0 Å². The average Bonchev–Trinajstić information content (AvgIpc) is 3.10. The number of hydrogen-bond donors (Lipinski definition) is 1. The van der Waals surface area contributed by atoms with Crippen LogP contribution in [-0.4, -0.2) is 35.3 Å². The number of benzene rings is 1. The molecule has 1 aliphatic heterocycles. The zero-order chi connectivity index (χ0) is 17.9. The SMILES string of the molecule is COC(=O)c1ccc2c(/C=C3\CCCN=C3c3cccnc3)c[nH]c2c1. The largest absolute Gasteiger partial charge is 0.465 e. The van der Waals surface area contributed by atoms with Crippen molar-refractivity contribution in [3.8, 4) is 0 Å². The van der Waals surface area contributed by atoms with Gasteiger partial charge in [0, 0.05) is 47.2 Å². The molecule has 0 atom stereocenters. The van der Waals surface area contributed by atoms with Gasteiger partial charge in [-0.3, -0.25) is 9.98 Å². The van der Waals surface area contributed by atoms with Crippen LogP contribution in [0.25, 0.3) is 17.0 Å². The van der Waals surface area contributed by atoms with Crippen molar-refractivity contribution < 1.29 is 9.53 Å². The summed E-state index contributed by atoms with van der Waals surface area (Å²) in [5, 5.41) is 1.07. The van der Waals surface area contributed by atoms with E-state index in [1.165, 1.54) is 12.7 Å². The molecule has 130 valence electrons. The number of aliphatic imine (C=N–C) groups is 1. The first kappa shape index (κ1) is 16.3. The van der Waals surface area contributed by atoms with Crippen LogP contribution in [0.15, 0.2) is 59.5 Å². The van der Waals surface area contributed by atoms with E-state index in [4.69, 9.17) is 9.73 Å². The lowest BCUT2D eigenvalue weighted by atomic mass is 9.94. The van der Waals surface area contributed by atoms with Crippen molar-refractivity contribution in [1.29, 1.82) is 0 Å². The smallest absolute Gasteiger partial charge is 0.337 e. The highest BCUT2D eigenvalue weighted by Crippen LogP contribution is 2.26. The first-order valence-corrected chi connectivity index (χ1v) is 8.61. The molecule has 4 rings (SSSR count). The molecular formula is C21H19N3O2. The number of H-pyrrole nitrogens is 1. The highest BCUT2D eigenvalue weighted by atomic mass is 16.5. The Hall–Kier alpha value is -3.21. The lowest BCUT2D eigenvalue weighted by Gasteiger charge is -2.16. The fourth-order valence-electron chi connectivity index (χ4n) is 3.30. The Kier molecular flexibility index (Phi) is 4.35. The standard InChI is InChI=1S/C21H19N3O2/c1-26-21(25)15-6-7-18-17(13-24-19(18)11-15)10-14-4-3-9-23-20(14)16-5-2-8-22-12-16/h2,5-8,10-13,24H,3-4,9H2,1H3/b14-10+. The quantitative estimate of drug-likeness (QED) is 0.729. The Balaban J connectivity index is 1.74. The minimum atomic E-state index is -0.334. The lowest BCUT2D eigenvalue weighted by Crippen LogP contribution is -2.11. The third-order valence-electron chi connectivity index (χ3n) is 4.58. The summed E-state index contributed by atoms with van der Waals surface area (Å²) in [4.78, 5) is 23.9. The molecule has 5 nitrogen and oxygen atoms in total. The van der Waals surface area contributed by atoms with Gasteiger partial charge in [0.15, 0.2) is 0 Å². The molecular weight excluding hydrogens is 326 g/mol. The Morgan fingerprint density at radius 1 is 1.31 bits per heavy atom. The molecule has 3 aromatic rings. The number of rotatable bonds is 3. The fourth-order valence-corrected chi connectivity index (χ4v) is 3.30. The van der Waals surface area contributed by atoms with Crippen LogP contribution in [-0.2, 0) is 4.74 Å². The van der Waals surface area contributed by atoms with E-state index in [2.05, 4.69) is 16.0 Å². The van der Waals surface area contributed by atoms with Crippen molar-refractivity contribution in [2.45, 2.75) is 12.8 Å². The second-order valence-corrected chi connectivity index (χ2v) is 6.24. The van der Waals surface area contributed by atoms with E-state index >= 15 is 0 Å². The van der Waals surface area contributed by atoms with Crippen molar-refractivity contribution >= 4 is 28.7 Å². The molecule has 26 heavy (non-hydrogen) atoms. The van der Waals surface area contributed by atoms with Crippen molar-refractivity contribution in [1.82, 2.24) is 9.97 Å². The molecule has 1 aromatic carbocycles. The van der Waals surface area contributed by atoms with Crippen LogP contribution in [0.3, 0.4) is 0 Å². The average molecular weight is 345 g/mol.